The molecule has 14 heteroatoms. The Balaban J connectivity index is 1.76. The van der Waals surface area contributed by atoms with Gasteiger partial charge in [0, 0.05) is 12.2 Å². The molecule has 1 saturated heterocycles. The summed E-state index contributed by atoms with van der Waals surface area (Å²) in [5.74, 6) is 0.859. The average Bonchev–Trinajstić information content (AvgIpc) is 3.56. The third-order valence-electron chi connectivity index (χ3n) is 14.3. The Hall–Kier alpha value is -1.29. The molecule has 8 atom stereocenters. The maximum Gasteiger partial charge on any atom is 0.269 e. The lowest BCUT2D eigenvalue weighted by Crippen LogP contribution is -2.60. The second kappa shape index (κ2) is 42.9. The fourth-order valence-electron chi connectivity index (χ4n) is 9.65. The van der Waals surface area contributed by atoms with Crippen molar-refractivity contribution in [3.63, 3.8) is 0 Å². The van der Waals surface area contributed by atoms with E-state index in [0.29, 0.717) is 19.3 Å². The molecule has 0 bridgehead atoms. The Morgan fingerprint density at radius 1 is 0.648 bits per heavy atom. The van der Waals surface area contributed by atoms with Crippen molar-refractivity contribution in [3.05, 3.63) is 8.48 Å². The smallest absolute Gasteiger partial charge is 0.269 e. The first-order valence-corrected chi connectivity index (χ1v) is 30.8. The number of hydrogen-bond donors (Lipinski definition) is 6. The van der Waals surface area contributed by atoms with Crippen molar-refractivity contribution in [2.75, 3.05) is 18.9 Å². The highest BCUT2D eigenvalue weighted by atomic mass is 127. The molecule has 0 unspecified atom stereocenters. The summed E-state index contributed by atoms with van der Waals surface area (Å²) >= 11 is 2.74. The van der Waals surface area contributed by atoms with E-state index in [-0.39, 0.29) is 39.7 Å². The maximum atomic E-state index is 13.3. The SMILES string of the molecule is C#CCN1C(=O)C(I)=C(SC[C@H]2O[C@H](OC[C@H](NC(=O)CCCCCCCCCCCCCCCCCCCCCCCCC)[C@H](O)[C@H](O)CCCCCCCCCCCCCC)[C@H](O)[C@@H](O)[C@H]2O)C1=O. The first-order chi connectivity index (χ1) is 34.5. The molecule has 6 N–H and O–H groups in total. The summed E-state index contributed by atoms with van der Waals surface area (Å²) in [5.41, 5.74) is 0. The van der Waals surface area contributed by atoms with Gasteiger partial charge < -0.3 is 40.3 Å². The molecule has 0 saturated carbocycles. The summed E-state index contributed by atoms with van der Waals surface area (Å²) in [6.45, 7) is 3.97. The lowest BCUT2D eigenvalue weighted by molar-refractivity contribution is -0.294. The van der Waals surface area contributed by atoms with Crippen LogP contribution in [0.25, 0.3) is 0 Å². The summed E-state index contributed by atoms with van der Waals surface area (Å²) in [6.07, 6.45) is 39.7. The lowest BCUT2D eigenvalue weighted by atomic mass is 9.98. The highest BCUT2D eigenvalue weighted by Gasteiger charge is 2.46. The van der Waals surface area contributed by atoms with Gasteiger partial charge in [0.05, 0.1) is 39.9 Å². The number of terminal acetylenes is 1. The molecule has 0 aromatic carbocycles. The first-order valence-electron chi connectivity index (χ1n) is 28.8. The van der Waals surface area contributed by atoms with Crippen LogP contribution < -0.4 is 5.32 Å². The zero-order valence-corrected chi connectivity index (χ0v) is 47.5. The molecule has 0 aliphatic carbocycles. The largest absolute Gasteiger partial charge is 0.390 e. The van der Waals surface area contributed by atoms with Crippen molar-refractivity contribution in [1.29, 1.82) is 0 Å². The number of hydrogen-bond acceptors (Lipinski definition) is 11. The van der Waals surface area contributed by atoms with Crippen LogP contribution in [0.15, 0.2) is 8.48 Å². The van der Waals surface area contributed by atoms with Gasteiger partial charge in [0.2, 0.25) is 5.91 Å². The molecule has 412 valence electrons. The molecule has 0 spiro atoms. The highest BCUT2D eigenvalue weighted by Crippen LogP contribution is 2.36. The zero-order valence-electron chi connectivity index (χ0n) is 44.5. The summed E-state index contributed by atoms with van der Waals surface area (Å²) < 4.78 is 12.0. The number of ether oxygens (including phenoxy) is 2. The standard InChI is InChI=1S/C57H101IN2O10S/c1-4-7-9-11-13-15-17-19-20-21-22-23-24-25-26-27-28-29-31-33-35-37-39-41-48(62)59-45(50(63)46(61)40-38-36-34-32-30-18-16-14-12-10-8-5-2)43-69-57-53(66)52(65)51(64)47(70-57)44-71-54-49(58)55(67)60(42-6-3)56(54)68/h3,45-47,50-53,57,61,63-66H,4-5,7-44H2,1-2H3,(H,59,62)/t45-,46+,47+,50-,51-,52-,53+,57-/m0/s1. The number of aliphatic hydroxyl groups is 5. The fourth-order valence-corrected chi connectivity index (χ4v) is 11.7. The van der Waals surface area contributed by atoms with Gasteiger partial charge in [-0.15, -0.1) is 18.2 Å². The van der Waals surface area contributed by atoms with Gasteiger partial charge in [0.15, 0.2) is 6.29 Å². The number of aliphatic hydroxyl groups excluding tert-OH is 5. The molecular weight excluding hydrogens is 1030 g/mol. The van der Waals surface area contributed by atoms with Crippen molar-refractivity contribution in [3.8, 4) is 12.3 Å². The molecule has 1 fully saturated rings. The number of amides is 3. The highest BCUT2D eigenvalue weighted by molar-refractivity contribution is 14.1. The van der Waals surface area contributed by atoms with Crippen molar-refractivity contribution in [1.82, 2.24) is 10.2 Å². The van der Waals surface area contributed by atoms with Gasteiger partial charge in [-0.2, -0.15) is 0 Å². The third kappa shape index (κ3) is 29.0. The quantitative estimate of drug-likeness (QED) is 0.0147. The van der Waals surface area contributed by atoms with Gasteiger partial charge in [-0.1, -0.05) is 238 Å². The molecule has 0 aromatic rings. The number of unbranched alkanes of at least 4 members (excludes halogenated alkanes) is 33. The van der Waals surface area contributed by atoms with Gasteiger partial charge in [-0.3, -0.25) is 19.3 Å². The Bertz CT molecular complexity index is 1470. The number of nitrogens with one attached hydrogen (secondary N) is 1. The van der Waals surface area contributed by atoms with E-state index in [1.807, 2.05) is 0 Å². The maximum absolute atomic E-state index is 13.3. The number of rotatable bonds is 47. The van der Waals surface area contributed by atoms with E-state index in [1.165, 1.54) is 173 Å². The van der Waals surface area contributed by atoms with E-state index in [2.05, 4.69) is 25.1 Å². The summed E-state index contributed by atoms with van der Waals surface area (Å²) in [5, 5.41) is 57.9. The van der Waals surface area contributed by atoms with Crippen molar-refractivity contribution >= 4 is 52.1 Å². The minimum absolute atomic E-state index is 0.0737. The summed E-state index contributed by atoms with van der Waals surface area (Å²) in [6, 6.07) is -1.05. The molecule has 2 heterocycles. The zero-order chi connectivity index (χ0) is 51.9. The molecule has 71 heavy (non-hydrogen) atoms. The van der Waals surface area contributed by atoms with E-state index in [0.717, 1.165) is 55.2 Å². The Morgan fingerprint density at radius 2 is 1.06 bits per heavy atom. The van der Waals surface area contributed by atoms with Crippen LogP contribution in [0.4, 0.5) is 0 Å². The Kier molecular flexibility index (Phi) is 39.8. The first kappa shape index (κ1) is 65.8. The van der Waals surface area contributed by atoms with Crippen molar-refractivity contribution in [2.24, 2.45) is 0 Å². The molecular formula is C57H101IN2O10S. The van der Waals surface area contributed by atoms with Crippen LogP contribution in [0, 0.1) is 12.3 Å². The predicted octanol–water partition coefficient (Wildman–Crippen LogP) is 11.9. The molecule has 12 nitrogen and oxygen atoms in total. The van der Waals surface area contributed by atoms with Gasteiger partial charge >= 0.3 is 0 Å². The second-order valence-corrected chi connectivity index (χ2v) is 22.7. The number of halogens is 1. The average molecular weight is 1130 g/mol. The molecule has 2 aliphatic heterocycles. The Labute approximate surface area is 449 Å². The number of carbonyl (C=O) groups is 3. The van der Waals surface area contributed by atoms with E-state index in [4.69, 9.17) is 15.9 Å². The van der Waals surface area contributed by atoms with E-state index in [9.17, 15) is 39.9 Å². The minimum Gasteiger partial charge on any atom is -0.390 e. The van der Waals surface area contributed by atoms with Gasteiger partial charge in [0.1, 0.15) is 24.4 Å². The molecule has 0 radical (unpaired) electrons. The molecule has 2 aliphatic rings. The second-order valence-electron chi connectivity index (χ2n) is 20.6. The summed E-state index contributed by atoms with van der Waals surface area (Å²) in [4.78, 5) is 39.8. The van der Waals surface area contributed by atoms with Crippen LogP contribution in [-0.2, 0) is 23.9 Å². The number of carbonyl (C=O) groups excluding carboxylic acids is 3. The lowest BCUT2D eigenvalue weighted by Gasteiger charge is -2.41. The van der Waals surface area contributed by atoms with E-state index in [1.54, 1.807) is 22.6 Å². The monoisotopic (exact) mass is 1130 g/mol. The van der Waals surface area contributed by atoms with Gasteiger partial charge in [0.25, 0.3) is 11.8 Å². The topological polar surface area (TPSA) is 186 Å². The van der Waals surface area contributed by atoms with Crippen LogP contribution in [0.2, 0.25) is 0 Å². The van der Waals surface area contributed by atoms with Crippen LogP contribution in [0.5, 0.6) is 0 Å². The number of nitrogens with zero attached hydrogens (tertiary/aromatic N) is 1. The van der Waals surface area contributed by atoms with Crippen LogP contribution in [-0.4, -0.2) is 116 Å². The molecule has 3 amide bonds. The minimum atomic E-state index is -1.68. The van der Waals surface area contributed by atoms with Crippen LogP contribution in [0.3, 0.4) is 0 Å². The summed E-state index contributed by atoms with van der Waals surface area (Å²) in [7, 11) is 0. The fraction of sp³-hybridized carbons (Fsp3) is 0.877. The third-order valence-corrected chi connectivity index (χ3v) is 16.9. The normalized spacial score (nSPS) is 20.7. The Morgan fingerprint density at radius 3 is 1.48 bits per heavy atom. The van der Waals surface area contributed by atoms with Crippen molar-refractivity contribution in [2.45, 2.75) is 300 Å². The van der Waals surface area contributed by atoms with Gasteiger partial charge in [-0.05, 0) is 35.4 Å². The number of thioether (sulfide) groups is 1. The van der Waals surface area contributed by atoms with Crippen LogP contribution >= 0.6 is 34.4 Å². The van der Waals surface area contributed by atoms with Gasteiger partial charge in [-0.25, -0.2) is 0 Å². The molecule has 0 aromatic heterocycles. The van der Waals surface area contributed by atoms with E-state index >= 15 is 0 Å². The van der Waals surface area contributed by atoms with Crippen molar-refractivity contribution < 1.29 is 49.4 Å². The predicted molar refractivity (Wildman–Crippen MR) is 298 cm³/mol. The van der Waals surface area contributed by atoms with E-state index < -0.39 is 60.8 Å². The van der Waals surface area contributed by atoms with Crippen LogP contribution in [0.1, 0.15) is 251 Å². The number of imide groups is 1. The molecule has 2 rings (SSSR count).